The highest BCUT2D eigenvalue weighted by atomic mass is 16.5. The van der Waals surface area contributed by atoms with E-state index in [0.717, 1.165) is 32.8 Å². The van der Waals surface area contributed by atoms with Crippen molar-refractivity contribution < 1.29 is 14.3 Å². The SMILES string of the molecule is COC(CN)C(=O)N(CCC#N)CCN1CCOCC1. The summed E-state index contributed by atoms with van der Waals surface area (Å²) in [6.45, 7) is 5.15. The highest BCUT2D eigenvalue weighted by Crippen LogP contribution is 2.02. The number of carbonyl (C=O) groups excluding carboxylic acids is 1. The number of rotatable bonds is 8. The van der Waals surface area contributed by atoms with Crippen LogP contribution in [0.25, 0.3) is 0 Å². The van der Waals surface area contributed by atoms with Crippen LogP contribution in [0.1, 0.15) is 6.42 Å². The monoisotopic (exact) mass is 284 g/mol. The first-order chi connectivity index (χ1) is 9.72. The normalized spacial score (nSPS) is 17.4. The Bertz CT molecular complexity index is 322. The first kappa shape index (κ1) is 16.9. The highest BCUT2D eigenvalue weighted by Gasteiger charge is 2.23. The van der Waals surface area contributed by atoms with Gasteiger partial charge in [0, 0.05) is 46.4 Å². The molecule has 2 N–H and O–H groups in total. The van der Waals surface area contributed by atoms with E-state index in [0.29, 0.717) is 19.5 Å². The lowest BCUT2D eigenvalue weighted by atomic mass is 10.2. The molecule has 7 nitrogen and oxygen atoms in total. The molecule has 20 heavy (non-hydrogen) atoms. The van der Waals surface area contributed by atoms with Crippen molar-refractivity contribution in [2.45, 2.75) is 12.5 Å². The van der Waals surface area contributed by atoms with Crippen molar-refractivity contribution in [2.75, 3.05) is 59.6 Å². The maximum Gasteiger partial charge on any atom is 0.253 e. The van der Waals surface area contributed by atoms with Gasteiger partial charge in [-0.25, -0.2) is 0 Å². The molecule has 0 saturated carbocycles. The van der Waals surface area contributed by atoms with Crippen LogP contribution in [0.5, 0.6) is 0 Å². The van der Waals surface area contributed by atoms with Crippen molar-refractivity contribution >= 4 is 5.91 Å². The lowest BCUT2D eigenvalue weighted by Gasteiger charge is -2.31. The molecular formula is C13H24N4O3. The molecule has 0 radical (unpaired) electrons. The van der Waals surface area contributed by atoms with Gasteiger partial charge in [0.25, 0.3) is 5.91 Å². The second-order valence-corrected chi connectivity index (χ2v) is 4.65. The molecular weight excluding hydrogens is 260 g/mol. The van der Waals surface area contributed by atoms with Crippen molar-refractivity contribution in [3.8, 4) is 6.07 Å². The maximum absolute atomic E-state index is 12.3. The number of ether oxygens (including phenoxy) is 2. The Morgan fingerprint density at radius 1 is 1.50 bits per heavy atom. The van der Waals surface area contributed by atoms with Crippen molar-refractivity contribution in [1.82, 2.24) is 9.80 Å². The predicted molar refractivity (Wildman–Crippen MR) is 73.9 cm³/mol. The van der Waals surface area contributed by atoms with E-state index in [1.54, 1.807) is 4.90 Å². The number of morpholine rings is 1. The highest BCUT2D eigenvalue weighted by molar-refractivity contribution is 5.81. The zero-order chi connectivity index (χ0) is 14.8. The van der Waals surface area contributed by atoms with E-state index in [9.17, 15) is 4.79 Å². The van der Waals surface area contributed by atoms with Crippen LogP contribution in [0.2, 0.25) is 0 Å². The number of nitriles is 1. The first-order valence-electron chi connectivity index (χ1n) is 6.91. The van der Waals surface area contributed by atoms with Gasteiger partial charge in [0.2, 0.25) is 0 Å². The molecule has 0 aromatic heterocycles. The van der Waals surface area contributed by atoms with Gasteiger partial charge in [0.15, 0.2) is 0 Å². The molecule has 7 heteroatoms. The second-order valence-electron chi connectivity index (χ2n) is 4.65. The van der Waals surface area contributed by atoms with Crippen LogP contribution >= 0.6 is 0 Å². The average Bonchev–Trinajstić information content (AvgIpc) is 2.49. The standard InChI is InChI=1S/C13H24N4O3/c1-19-12(11-15)13(18)17(4-2-3-14)6-5-16-7-9-20-10-8-16/h12H,2,4-11,15H2,1H3. The number of methoxy groups -OCH3 is 1. The molecule has 0 bridgehead atoms. The third-order valence-corrected chi connectivity index (χ3v) is 3.37. The zero-order valence-corrected chi connectivity index (χ0v) is 12.1. The predicted octanol–water partition coefficient (Wildman–Crippen LogP) is -0.965. The van der Waals surface area contributed by atoms with Gasteiger partial charge in [-0.1, -0.05) is 0 Å². The van der Waals surface area contributed by atoms with Gasteiger partial charge in [-0.3, -0.25) is 9.69 Å². The Balaban J connectivity index is 2.49. The van der Waals surface area contributed by atoms with E-state index in [2.05, 4.69) is 11.0 Å². The van der Waals surface area contributed by atoms with Crippen LogP contribution in [0.3, 0.4) is 0 Å². The van der Waals surface area contributed by atoms with E-state index >= 15 is 0 Å². The van der Waals surface area contributed by atoms with Gasteiger partial charge in [-0.2, -0.15) is 5.26 Å². The van der Waals surface area contributed by atoms with Gasteiger partial charge in [-0.15, -0.1) is 0 Å². The minimum Gasteiger partial charge on any atom is -0.379 e. The molecule has 0 spiro atoms. The maximum atomic E-state index is 12.3. The molecule has 1 fully saturated rings. The van der Waals surface area contributed by atoms with Gasteiger partial charge < -0.3 is 20.1 Å². The number of hydrogen-bond acceptors (Lipinski definition) is 6. The summed E-state index contributed by atoms with van der Waals surface area (Å²) in [5.74, 6) is -0.140. The lowest BCUT2D eigenvalue weighted by molar-refractivity contribution is -0.141. The van der Waals surface area contributed by atoms with Crippen molar-refractivity contribution in [3.63, 3.8) is 0 Å². The molecule has 0 aliphatic carbocycles. The Morgan fingerprint density at radius 3 is 2.75 bits per heavy atom. The summed E-state index contributed by atoms with van der Waals surface area (Å²) < 4.78 is 10.4. The fraction of sp³-hybridized carbons (Fsp3) is 0.846. The molecule has 1 atom stereocenters. The number of nitrogens with two attached hydrogens (primary N) is 1. The molecule has 1 saturated heterocycles. The van der Waals surface area contributed by atoms with Crippen LogP contribution in [-0.2, 0) is 14.3 Å². The second kappa shape index (κ2) is 9.66. The zero-order valence-electron chi connectivity index (χ0n) is 12.1. The van der Waals surface area contributed by atoms with Gasteiger partial charge >= 0.3 is 0 Å². The number of nitrogens with zero attached hydrogens (tertiary/aromatic N) is 3. The topological polar surface area (TPSA) is 91.8 Å². The number of carbonyl (C=O) groups is 1. The summed E-state index contributed by atoms with van der Waals surface area (Å²) in [4.78, 5) is 16.2. The van der Waals surface area contributed by atoms with Gasteiger partial charge in [0.1, 0.15) is 6.10 Å². The number of hydrogen-bond donors (Lipinski definition) is 1. The molecule has 114 valence electrons. The fourth-order valence-electron chi connectivity index (χ4n) is 2.11. The molecule has 1 amide bonds. The molecule has 1 aliphatic rings. The van der Waals surface area contributed by atoms with Crippen LogP contribution in [-0.4, -0.2) is 81.4 Å². The summed E-state index contributed by atoms with van der Waals surface area (Å²) in [5.41, 5.74) is 5.53. The van der Waals surface area contributed by atoms with Crippen LogP contribution < -0.4 is 5.73 Å². The fourth-order valence-corrected chi connectivity index (χ4v) is 2.11. The van der Waals surface area contributed by atoms with Gasteiger partial charge in [0.05, 0.1) is 25.7 Å². The molecule has 1 aliphatic heterocycles. The summed E-state index contributed by atoms with van der Waals surface area (Å²) in [7, 11) is 1.47. The summed E-state index contributed by atoms with van der Waals surface area (Å²) in [6, 6.07) is 2.07. The summed E-state index contributed by atoms with van der Waals surface area (Å²) in [5, 5.41) is 8.70. The van der Waals surface area contributed by atoms with Crippen LogP contribution in [0, 0.1) is 11.3 Å². The molecule has 1 rings (SSSR count). The minimum atomic E-state index is -0.626. The molecule has 0 aromatic rings. The largest absolute Gasteiger partial charge is 0.379 e. The van der Waals surface area contributed by atoms with E-state index in [1.165, 1.54) is 7.11 Å². The Labute approximate surface area is 120 Å². The van der Waals surface area contributed by atoms with Crippen molar-refractivity contribution in [1.29, 1.82) is 5.26 Å². The van der Waals surface area contributed by atoms with E-state index in [1.807, 2.05) is 0 Å². The minimum absolute atomic E-state index is 0.140. The quantitative estimate of drug-likeness (QED) is 0.617. The Kier molecular flexibility index (Phi) is 8.14. The average molecular weight is 284 g/mol. The van der Waals surface area contributed by atoms with Crippen molar-refractivity contribution in [3.05, 3.63) is 0 Å². The Hall–Kier alpha value is -1.20. The van der Waals surface area contributed by atoms with E-state index in [4.69, 9.17) is 20.5 Å². The smallest absolute Gasteiger partial charge is 0.253 e. The summed E-state index contributed by atoms with van der Waals surface area (Å²) >= 11 is 0. The van der Waals surface area contributed by atoms with Crippen molar-refractivity contribution in [2.24, 2.45) is 5.73 Å². The van der Waals surface area contributed by atoms with Crippen LogP contribution in [0.15, 0.2) is 0 Å². The summed E-state index contributed by atoms with van der Waals surface area (Å²) in [6.07, 6.45) is -0.311. The third kappa shape index (κ3) is 5.43. The first-order valence-corrected chi connectivity index (χ1v) is 6.91. The molecule has 1 unspecified atom stereocenters. The number of amides is 1. The molecule has 1 heterocycles. The Morgan fingerprint density at radius 2 is 2.20 bits per heavy atom. The lowest BCUT2D eigenvalue weighted by Crippen LogP contribution is -2.48. The van der Waals surface area contributed by atoms with E-state index in [-0.39, 0.29) is 12.5 Å². The van der Waals surface area contributed by atoms with E-state index < -0.39 is 6.10 Å². The third-order valence-electron chi connectivity index (χ3n) is 3.37. The van der Waals surface area contributed by atoms with Crippen LogP contribution in [0.4, 0.5) is 0 Å². The molecule has 0 aromatic carbocycles. The van der Waals surface area contributed by atoms with Gasteiger partial charge in [-0.05, 0) is 0 Å².